The van der Waals surface area contributed by atoms with Gasteiger partial charge in [-0.15, -0.1) is 0 Å². The molecule has 2 aromatic rings. The molecule has 1 aliphatic rings. The van der Waals surface area contributed by atoms with Gasteiger partial charge in [0.05, 0.1) is 5.56 Å². The van der Waals surface area contributed by atoms with Crippen LogP contribution in [0.1, 0.15) is 83.3 Å². The van der Waals surface area contributed by atoms with Crippen LogP contribution < -0.4 is 16.4 Å². The van der Waals surface area contributed by atoms with Crippen molar-refractivity contribution >= 4 is 46.6 Å². The maximum Gasteiger partial charge on any atom is 0.328 e. The number of benzene rings is 1. The quantitative estimate of drug-likeness (QED) is 0.160. The number of fused-ring (bicyclic) bond motifs is 1. The molecule has 208 valence electrons. The summed E-state index contributed by atoms with van der Waals surface area (Å²) in [6.07, 6.45) is 0.722. The Morgan fingerprint density at radius 1 is 1.36 bits per heavy atom. The van der Waals surface area contributed by atoms with Gasteiger partial charge in [0.2, 0.25) is 11.8 Å². The normalized spacial score (nSPS) is 17.3. The zero-order valence-corrected chi connectivity index (χ0v) is 24.0. The van der Waals surface area contributed by atoms with Gasteiger partial charge in [-0.25, -0.2) is 14.8 Å². The number of aliphatic carboxylic acids is 1. The van der Waals surface area contributed by atoms with Gasteiger partial charge in [-0.2, -0.15) is 0 Å². The van der Waals surface area contributed by atoms with Crippen molar-refractivity contribution in [1.29, 1.82) is 5.41 Å². The molecule has 1 aromatic heterocycles. The lowest BCUT2D eigenvalue weighted by molar-refractivity contribution is -0.143. The lowest BCUT2D eigenvalue weighted by Crippen LogP contribution is -2.48. The summed E-state index contributed by atoms with van der Waals surface area (Å²) >= 11 is 6.30. The van der Waals surface area contributed by atoms with E-state index in [1.54, 1.807) is 0 Å². The van der Waals surface area contributed by atoms with E-state index in [4.69, 9.17) is 32.5 Å². The van der Waals surface area contributed by atoms with Crippen molar-refractivity contribution in [3.8, 4) is 0 Å². The lowest BCUT2D eigenvalue weighted by atomic mass is 9.84. The Morgan fingerprint density at radius 3 is 2.56 bits per heavy atom. The van der Waals surface area contributed by atoms with Crippen LogP contribution in [0.25, 0.3) is 5.57 Å². The number of carboxylic acid groups (broad SMARTS) is 1. The molecule has 0 saturated heterocycles. The van der Waals surface area contributed by atoms with Crippen molar-refractivity contribution in [3.05, 3.63) is 63.8 Å². The first-order valence-electron chi connectivity index (χ1n) is 12.5. The highest BCUT2D eigenvalue weighted by Crippen LogP contribution is 2.43. The highest BCUT2D eigenvalue weighted by molar-refractivity contribution is 6.30. The molecular formula is C28H35ClN6O4. The van der Waals surface area contributed by atoms with Crippen LogP contribution >= 0.6 is 11.6 Å². The molecule has 3 rings (SSSR count). The van der Waals surface area contributed by atoms with Gasteiger partial charge in [0.15, 0.2) is 17.1 Å². The fraction of sp³-hybridized carbons (Fsp3) is 0.393. The average Bonchev–Trinajstić information content (AvgIpc) is 3.10. The molecule has 2 heterocycles. The van der Waals surface area contributed by atoms with Gasteiger partial charge in [-0.1, -0.05) is 44.0 Å². The number of ether oxygens (including phenoxy) is 1. The lowest BCUT2D eigenvalue weighted by Gasteiger charge is -2.27. The number of nitrogens with zero attached hydrogens (tertiary/aromatic N) is 2. The molecule has 1 amide bonds. The number of nitrogens with two attached hydrogens (primary N) is 1. The number of anilines is 2. The number of aromatic nitrogens is 2. The topological polar surface area (TPSA) is 163 Å². The first-order chi connectivity index (χ1) is 18.0. The minimum atomic E-state index is -1.68. The van der Waals surface area contributed by atoms with Gasteiger partial charge >= 0.3 is 5.97 Å². The summed E-state index contributed by atoms with van der Waals surface area (Å²) in [7, 11) is 0. The molecule has 1 unspecified atom stereocenters. The second-order valence-corrected chi connectivity index (χ2v) is 11.0. The summed E-state index contributed by atoms with van der Waals surface area (Å²) in [5.41, 5.74) is 7.29. The van der Waals surface area contributed by atoms with Crippen LogP contribution in [0.15, 0.2) is 36.2 Å². The molecule has 0 aliphatic carbocycles. The van der Waals surface area contributed by atoms with Crippen LogP contribution in [-0.2, 0) is 19.7 Å². The Hall–Kier alpha value is -3.92. The van der Waals surface area contributed by atoms with Crippen LogP contribution in [0.3, 0.4) is 0 Å². The van der Waals surface area contributed by atoms with Crippen molar-refractivity contribution < 1.29 is 19.4 Å². The molecule has 0 saturated carbocycles. The van der Waals surface area contributed by atoms with E-state index in [-0.39, 0.29) is 29.0 Å². The molecule has 6 N–H and O–H groups in total. The summed E-state index contributed by atoms with van der Waals surface area (Å²) < 4.78 is 5.48. The minimum absolute atomic E-state index is 0.00935. The van der Waals surface area contributed by atoms with E-state index in [0.717, 1.165) is 28.7 Å². The van der Waals surface area contributed by atoms with E-state index in [0.29, 0.717) is 10.8 Å². The van der Waals surface area contributed by atoms with Gasteiger partial charge in [-0.3, -0.25) is 10.2 Å². The van der Waals surface area contributed by atoms with Crippen molar-refractivity contribution in [2.75, 3.05) is 11.1 Å². The van der Waals surface area contributed by atoms with Gasteiger partial charge in [0.1, 0.15) is 17.2 Å². The largest absolute Gasteiger partial charge is 0.480 e. The van der Waals surface area contributed by atoms with Gasteiger partial charge in [0, 0.05) is 10.6 Å². The molecule has 39 heavy (non-hydrogen) atoms. The predicted molar refractivity (Wildman–Crippen MR) is 153 cm³/mol. The summed E-state index contributed by atoms with van der Waals surface area (Å²) in [5.74, 6) is -1.77. The maximum absolute atomic E-state index is 13.2. The molecule has 1 aliphatic heterocycles. The Bertz CT molecular complexity index is 1420. The number of halogens is 1. The molecule has 0 radical (unpaired) electrons. The third kappa shape index (κ3) is 5.47. The Balaban J connectivity index is 2.09. The number of allylic oxidation sites excluding steroid dienone is 1. The standard InChI is InChI=1S/C28H35ClN6O4/c1-9-14(4)19(17-11-10-16(29)12-18(17)13(2)3)22-32-21(30)20-23(33-22)34-25(36)28(20,8)24(31)39-15(5)35-27(6,7)26(37)38/h10-13,31,35H,5,9H2,1-4,6-8H3,(H,37,38)(H3,30,32,33,34,36)/b19-14-,31-24?. The van der Waals surface area contributed by atoms with Crippen LogP contribution in [0.2, 0.25) is 5.02 Å². The molecular weight excluding hydrogens is 520 g/mol. The van der Waals surface area contributed by atoms with E-state index in [9.17, 15) is 14.7 Å². The van der Waals surface area contributed by atoms with Crippen LogP contribution in [0.5, 0.6) is 0 Å². The van der Waals surface area contributed by atoms with E-state index in [1.807, 2.05) is 32.0 Å². The van der Waals surface area contributed by atoms with Crippen molar-refractivity contribution in [1.82, 2.24) is 15.3 Å². The monoisotopic (exact) mass is 554 g/mol. The van der Waals surface area contributed by atoms with E-state index >= 15 is 0 Å². The number of carbonyl (C=O) groups is 2. The SMILES string of the molecule is C=C(NC(C)(C)C(=O)O)OC(=N)C1(C)C(=O)Nc2nc(/C(=C(/C)CC)c3ccc(Cl)cc3C(C)C)nc(N)c21. The number of hydrogen-bond acceptors (Lipinski definition) is 8. The molecule has 0 fully saturated rings. The Labute approximate surface area is 233 Å². The molecule has 0 bridgehead atoms. The van der Waals surface area contributed by atoms with E-state index < -0.39 is 28.7 Å². The molecule has 10 nitrogen and oxygen atoms in total. The molecule has 1 atom stereocenters. The summed E-state index contributed by atoms with van der Waals surface area (Å²) in [4.78, 5) is 33.9. The van der Waals surface area contributed by atoms with Crippen LogP contribution in [-0.4, -0.2) is 38.4 Å². The summed E-state index contributed by atoms with van der Waals surface area (Å²) in [6.45, 7) is 16.1. The average molecular weight is 555 g/mol. The molecule has 0 spiro atoms. The number of hydrogen-bond donors (Lipinski definition) is 5. The Kier molecular flexibility index (Phi) is 8.12. The van der Waals surface area contributed by atoms with E-state index in [2.05, 4.69) is 36.0 Å². The number of nitrogen functional groups attached to an aromatic ring is 1. The van der Waals surface area contributed by atoms with Crippen LogP contribution in [0, 0.1) is 5.41 Å². The molecule has 1 aromatic carbocycles. The van der Waals surface area contributed by atoms with Crippen molar-refractivity contribution in [2.45, 2.75) is 71.8 Å². The fourth-order valence-corrected chi connectivity index (χ4v) is 4.53. The second-order valence-electron chi connectivity index (χ2n) is 10.5. The third-order valence-corrected chi connectivity index (χ3v) is 7.11. The fourth-order valence-electron chi connectivity index (χ4n) is 4.35. The van der Waals surface area contributed by atoms with Gasteiger partial charge < -0.3 is 26.2 Å². The van der Waals surface area contributed by atoms with E-state index in [1.165, 1.54) is 20.8 Å². The summed E-state index contributed by atoms with van der Waals surface area (Å²) in [5, 5.41) is 23.9. The highest BCUT2D eigenvalue weighted by Gasteiger charge is 2.51. The highest BCUT2D eigenvalue weighted by atomic mass is 35.5. The second kappa shape index (κ2) is 10.7. The minimum Gasteiger partial charge on any atom is -0.480 e. The summed E-state index contributed by atoms with van der Waals surface area (Å²) in [6, 6.07) is 5.67. The number of nitrogens with one attached hydrogen (secondary N) is 3. The van der Waals surface area contributed by atoms with Gasteiger partial charge in [-0.05, 0) is 69.9 Å². The Morgan fingerprint density at radius 2 is 2.00 bits per heavy atom. The van der Waals surface area contributed by atoms with Gasteiger partial charge in [0.25, 0.3) is 0 Å². The van der Waals surface area contributed by atoms with Crippen molar-refractivity contribution in [2.24, 2.45) is 0 Å². The first-order valence-corrected chi connectivity index (χ1v) is 12.9. The number of amides is 1. The van der Waals surface area contributed by atoms with Crippen molar-refractivity contribution in [3.63, 3.8) is 0 Å². The first kappa shape index (κ1) is 29.6. The predicted octanol–water partition coefficient (Wildman–Crippen LogP) is 5.20. The zero-order chi connectivity index (χ0) is 29.4. The third-order valence-electron chi connectivity index (χ3n) is 6.87. The van der Waals surface area contributed by atoms with Crippen LogP contribution in [0.4, 0.5) is 11.6 Å². The molecule has 11 heteroatoms. The smallest absolute Gasteiger partial charge is 0.328 e. The number of rotatable bonds is 9. The number of carboxylic acids is 1. The zero-order valence-electron chi connectivity index (χ0n) is 23.2. The number of carbonyl (C=O) groups excluding carboxylic acids is 1. The maximum atomic E-state index is 13.2.